The Morgan fingerprint density at radius 2 is 2.05 bits per heavy atom. The molecule has 0 aliphatic carbocycles. The highest BCUT2D eigenvalue weighted by Crippen LogP contribution is 2.22. The van der Waals surface area contributed by atoms with Gasteiger partial charge in [0, 0.05) is 36.1 Å². The number of aromatic nitrogens is 4. The van der Waals surface area contributed by atoms with E-state index in [9.17, 15) is 0 Å². The van der Waals surface area contributed by atoms with Crippen LogP contribution in [0.2, 0.25) is 0 Å². The first-order chi connectivity index (χ1) is 9.06. The third-order valence-corrected chi connectivity index (χ3v) is 3.39. The van der Waals surface area contributed by atoms with E-state index in [0.717, 1.165) is 25.1 Å². The zero-order valence-corrected chi connectivity index (χ0v) is 12.2. The fourth-order valence-corrected chi connectivity index (χ4v) is 2.58. The van der Waals surface area contributed by atoms with Crippen LogP contribution < -0.4 is 5.73 Å². The van der Waals surface area contributed by atoms with Crippen molar-refractivity contribution in [3.8, 4) is 0 Å². The molecular formula is C14H23N5. The highest BCUT2D eigenvalue weighted by Gasteiger charge is 2.18. The van der Waals surface area contributed by atoms with E-state index in [1.54, 1.807) is 0 Å². The fourth-order valence-electron chi connectivity index (χ4n) is 2.58. The zero-order chi connectivity index (χ0) is 14.0. The van der Waals surface area contributed by atoms with Crippen LogP contribution in [0.4, 0.5) is 0 Å². The van der Waals surface area contributed by atoms with Crippen LogP contribution >= 0.6 is 0 Å². The van der Waals surface area contributed by atoms with Gasteiger partial charge in [-0.05, 0) is 19.8 Å². The molecule has 0 aliphatic heterocycles. The van der Waals surface area contributed by atoms with Crippen molar-refractivity contribution in [2.24, 2.45) is 12.8 Å². The van der Waals surface area contributed by atoms with Gasteiger partial charge in [0.2, 0.25) is 0 Å². The molecule has 0 bridgehead atoms. The van der Waals surface area contributed by atoms with Gasteiger partial charge in [-0.25, -0.2) is 0 Å². The molecule has 2 rings (SSSR count). The van der Waals surface area contributed by atoms with Crippen molar-refractivity contribution in [2.75, 3.05) is 0 Å². The number of nitrogens with zero attached hydrogens (tertiary/aromatic N) is 4. The molecule has 2 aromatic rings. The molecule has 0 amide bonds. The maximum Gasteiger partial charge on any atom is 0.0693 e. The number of aryl methyl sites for hydroxylation is 2. The second-order valence-electron chi connectivity index (χ2n) is 4.98. The average Bonchev–Trinajstić information content (AvgIpc) is 2.93. The van der Waals surface area contributed by atoms with E-state index < -0.39 is 0 Å². The molecule has 2 N–H and O–H groups in total. The van der Waals surface area contributed by atoms with Crippen LogP contribution in [0, 0.1) is 0 Å². The molecule has 0 saturated heterocycles. The summed E-state index contributed by atoms with van der Waals surface area (Å²) < 4.78 is 3.90. The van der Waals surface area contributed by atoms with Crippen molar-refractivity contribution < 1.29 is 0 Å². The molecule has 2 aromatic heterocycles. The van der Waals surface area contributed by atoms with Gasteiger partial charge < -0.3 is 5.73 Å². The topological polar surface area (TPSA) is 61.7 Å². The lowest BCUT2D eigenvalue weighted by Crippen LogP contribution is -2.11. The highest BCUT2D eigenvalue weighted by molar-refractivity contribution is 5.30. The molecular weight excluding hydrogens is 238 g/mol. The van der Waals surface area contributed by atoms with Crippen molar-refractivity contribution in [1.29, 1.82) is 0 Å². The molecule has 19 heavy (non-hydrogen) atoms. The normalized spacial score (nSPS) is 12.9. The average molecular weight is 261 g/mol. The second kappa shape index (κ2) is 5.57. The van der Waals surface area contributed by atoms with Crippen molar-refractivity contribution in [2.45, 2.75) is 46.2 Å². The first-order valence-electron chi connectivity index (χ1n) is 6.88. The fraction of sp³-hybridized carbons (Fsp3) is 0.571. The maximum atomic E-state index is 6.11. The van der Waals surface area contributed by atoms with Gasteiger partial charge in [-0.3, -0.25) is 9.36 Å². The molecule has 0 spiro atoms. The maximum absolute atomic E-state index is 6.11. The van der Waals surface area contributed by atoms with Gasteiger partial charge in [0.25, 0.3) is 0 Å². The Morgan fingerprint density at radius 3 is 2.53 bits per heavy atom. The van der Waals surface area contributed by atoms with E-state index >= 15 is 0 Å². The van der Waals surface area contributed by atoms with Crippen LogP contribution in [0.15, 0.2) is 12.4 Å². The highest BCUT2D eigenvalue weighted by atomic mass is 15.3. The molecule has 5 nitrogen and oxygen atoms in total. The standard InChI is InChI=1S/C14H23N5/c1-5-12-14(10(3)15)13(6-2)19(17-12)9-11-7-16-18(4)8-11/h7-8,10H,5-6,9,15H2,1-4H3. The van der Waals surface area contributed by atoms with Gasteiger partial charge in [0.05, 0.1) is 18.4 Å². The first kappa shape index (κ1) is 13.8. The quantitative estimate of drug-likeness (QED) is 0.893. The second-order valence-corrected chi connectivity index (χ2v) is 4.98. The van der Waals surface area contributed by atoms with Crippen LogP contribution in [-0.2, 0) is 26.4 Å². The zero-order valence-electron chi connectivity index (χ0n) is 12.2. The summed E-state index contributed by atoms with van der Waals surface area (Å²) in [6.45, 7) is 7.07. The van der Waals surface area contributed by atoms with E-state index in [1.807, 2.05) is 31.0 Å². The van der Waals surface area contributed by atoms with E-state index in [-0.39, 0.29) is 6.04 Å². The van der Waals surface area contributed by atoms with E-state index in [4.69, 9.17) is 10.8 Å². The molecule has 0 saturated carbocycles. The largest absolute Gasteiger partial charge is 0.324 e. The van der Waals surface area contributed by atoms with Crippen LogP contribution in [0.1, 0.15) is 49.3 Å². The minimum atomic E-state index is 0.0348. The predicted molar refractivity (Wildman–Crippen MR) is 75.9 cm³/mol. The van der Waals surface area contributed by atoms with E-state index in [1.165, 1.54) is 16.8 Å². The molecule has 0 aliphatic rings. The van der Waals surface area contributed by atoms with Crippen LogP contribution in [-0.4, -0.2) is 19.6 Å². The van der Waals surface area contributed by atoms with Crippen molar-refractivity contribution in [3.05, 3.63) is 34.9 Å². The summed E-state index contributed by atoms with van der Waals surface area (Å²) in [7, 11) is 1.93. The van der Waals surface area contributed by atoms with Gasteiger partial charge >= 0.3 is 0 Å². The molecule has 0 aromatic carbocycles. The third-order valence-electron chi connectivity index (χ3n) is 3.39. The summed E-state index contributed by atoms with van der Waals surface area (Å²) in [5, 5.41) is 8.93. The lowest BCUT2D eigenvalue weighted by atomic mass is 10.0. The smallest absolute Gasteiger partial charge is 0.0693 e. The SMILES string of the molecule is CCc1nn(Cc2cnn(C)c2)c(CC)c1C(C)N. The number of hydrogen-bond donors (Lipinski definition) is 1. The van der Waals surface area contributed by atoms with E-state index in [0.29, 0.717) is 0 Å². The molecule has 5 heteroatoms. The van der Waals surface area contributed by atoms with Crippen molar-refractivity contribution in [1.82, 2.24) is 19.6 Å². The lowest BCUT2D eigenvalue weighted by molar-refractivity contribution is 0.637. The molecule has 1 unspecified atom stereocenters. The lowest BCUT2D eigenvalue weighted by Gasteiger charge is -2.09. The van der Waals surface area contributed by atoms with Crippen LogP contribution in [0.5, 0.6) is 0 Å². The summed E-state index contributed by atoms with van der Waals surface area (Å²) in [6.07, 6.45) is 5.78. The van der Waals surface area contributed by atoms with Crippen LogP contribution in [0.25, 0.3) is 0 Å². The summed E-state index contributed by atoms with van der Waals surface area (Å²) in [5.74, 6) is 0. The molecule has 0 radical (unpaired) electrons. The molecule has 0 fully saturated rings. The van der Waals surface area contributed by atoms with Gasteiger partial charge in [-0.2, -0.15) is 10.2 Å². The Labute approximate surface area is 114 Å². The van der Waals surface area contributed by atoms with Gasteiger partial charge in [-0.15, -0.1) is 0 Å². The van der Waals surface area contributed by atoms with Crippen LogP contribution in [0.3, 0.4) is 0 Å². The van der Waals surface area contributed by atoms with Gasteiger partial charge in [-0.1, -0.05) is 13.8 Å². The summed E-state index contributed by atoms with van der Waals surface area (Å²) in [5.41, 5.74) is 10.9. The van der Waals surface area contributed by atoms with Crippen molar-refractivity contribution >= 4 is 0 Å². The Bertz CT molecular complexity index is 550. The van der Waals surface area contributed by atoms with Crippen molar-refractivity contribution in [3.63, 3.8) is 0 Å². The summed E-state index contributed by atoms with van der Waals surface area (Å²) >= 11 is 0. The Morgan fingerprint density at radius 1 is 1.32 bits per heavy atom. The third kappa shape index (κ3) is 2.71. The Kier molecular flexibility index (Phi) is 4.04. The Hall–Kier alpha value is -1.62. The summed E-state index contributed by atoms with van der Waals surface area (Å²) in [4.78, 5) is 0. The monoisotopic (exact) mass is 261 g/mol. The molecule has 104 valence electrons. The number of nitrogens with two attached hydrogens (primary N) is 1. The minimum absolute atomic E-state index is 0.0348. The number of hydrogen-bond acceptors (Lipinski definition) is 3. The van der Waals surface area contributed by atoms with Gasteiger partial charge in [0.1, 0.15) is 0 Å². The summed E-state index contributed by atoms with van der Waals surface area (Å²) in [6, 6.07) is 0.0348. The predicted octanol–water partition coefficient (Wildman–Crippen LogP) is 1.81. The van der Waals surface area contributed by atoms with E-state index in [2.05, 4.69) is 23.6 Å². The Balaban J connectivity index is 2.39. The number of rotatable bonds is 5. The molecule has 2 heterocycles. The van der Waals surface area contributed by atoms with Gasteiger partial charge in [0.15, 0.2) is 0 Å². The molecule has 1 atom stereocenters. The first-order valence-corrected chi connectivity index (χ1v) is 6.88. The minimum Gasteiger partial charge on any atom is -0.324 e.